The molecule has 3 unspecified atom stereocenters. The molecular formula is C25H36N4O4. The first-order valence-electron chi connectivity index (χ1n) is 12.2. The maximum Gasteiger partial charge on any atom is 0.321 e. The summed E-state index contributed by atoms with van der Waals surface area (Å²) in [5.74, 6) is -0.347. The van der Waals surface area contributed by atoms with Crippen LogP contribution in [0.5, 0.6) is 0 Å². The Kier molecular flexibility index (Phi) is 6.64. The Morgan fingerprint density at radius 1 is 1.09 bits per heavy atom. The summed E-state index contributed by atoms with van der Waals surface area (Å²) in [5, 5.41) is 7.91. The Hall–Kier alpha value is -2.64. The van der Waals surface area contributed by atoms with E-state index in [2.05, 4.69) is 36.7 Å². The molecule has 4 aliphatic rings. The Morgan fingerprint density at radius 2 is 1.82 bits per heavy atom. The lowest BCUT2D eigenvalue weighted by atomic mass is 9.71. The van der Waals surface area contributed by atoms with Gasteiger partial charge in [-0.3, -0.25) is 25.0 Å². The zero-order chi connectivity index (χ0) is 23.8. The fourth-order valence-corrected chi connectivity index (χ4v) is 5.65. The number of hydrogen-bond donors (Lipinski definition) is 3. The Labute approximate surface area is 195 Å². The van der Waals surface area contributed by atoms with Crippen LogP contribution in [0.3, 0.4) is 0 Å². The van der Waals surface area contributed by atoms with E-state index in [1.54, 1.807) is 0 Å². The highest BCUT2D eigenvalue weighted by atomic mass is 16.2. The van der Waals surface area contributed by atoms with Crippen molar-refractivity contribution in [2.24, 2.45) is 23.2 Å². The second-order valence-corrected chi connectivity index (χ2v) is 11.1. The van der Waals surface area contributed by atoms with Gasteiger partial charge in [-0.15, -0.1) is 0 Å². The van der Waals surface area contributed by atoms with E-state index in [1.165, 1.54) is 0 Å². The Morgan fingerprint density at radius 3 is 2.48 bits per heavy atom. The summed E-state index contributed by atoms with van der Waals surface area (Å²) in [5.41, 5.74) is 1.38. The summed E-state index contributed by atoms with van der Waals surface area (Å²) in [6.07, 6.45) is 11.3. The number of rotatable bonds is 3. The van der Waals surface area contributed by atoms with Gasteiger partial charge in [0.15, 0.2) is 0 Å². The standard InChI is InChI=1S/C25H36N4O4/c1-25(2,3)18-6-8-19(9-7-18)26-24(33)28-22(31)15-4-5-16-13-29(14-17(16)12-15)20-10-11-21(30)27-23(20)32/h4-5,13,15,17-20H,6-12,14H2,1-3H3,(H,27,30,32)(H2,26,28,31,33). The zero-order valence-electron chi connectivity index (χ0n) is 19.9. The average molecular weight is 457 g/mol. The number of allylic oxidation sites excluding steroid dienone is 1. The van der Waals surface area contributed by atoms with Crippen LogP contribution in [0.15, 0.2) is 23.9 Å². The third kappa shape index (κ3) is 5.47. The van der Waals surface area contributed by atoms with Crippen LogP contribution in [0, 0.1) is 23.2 Å². The molecule has 0 aromatic carbocycles. The number of hydrogen-bond acceptors (Lipinski definition) is 5. The van der Waals surface area contributed by atoms with Gasteiger partial charge < -0.3 is 10.2 Å². The first-order chi connectivity index (χ1) is 15.6. The number of imide groups is 2. The monoisotopic (exact) mass is 456 g/mol. The molecule has 8 nitrogen and oxygen atoms in total. The molecule has 5 amide bonds. The predicted octanol–water partition coefficient (Wildman–Crippen LogP) is 2.61. The van der Waals surface area contributed by atoms with Crippen molar-refractivity contribution < 1.29 is 19.2 Å². The summed E-state index contributed by atoms with van der Waals surface area (Å²) < 4.78 is 0. The van der Waals surface area contributed by atoms with Crippen molar-refractivity contribution in [1.82, 2.24) is 20.9 Å². The molecule has 0 aromatic heterocycles. The highest BCUT2D eigenvalue weighted by Gasteiger charge is 2.38. The van der Waals surface area contributed by atoms with Crippen LogP contribution >= 0.6 is 0 Å². The van der Waals surface area contributed by atoms with Crippen LogP contribution in [0.2, 0.25) is 0 Å². The quantitative estimate of drug-likeness (QED) is 0.566. The van der Waals surface area contributed by atoms with Gasteiger partial charge in [0.25, 0.3) is 0 Å². The van der Waals surface area contributed by atoms with Gasteiger partial charge in [0.05, 0.1) is 5.92 Å². The largest absolute Gasteiger partial charge is 0.365 e. The van der Waals surface area contributed by atoms with Gasteiger partial charge in [-0.1, -0.05) is 32.9 Å². The predicted molar refractivity (Wildman–Crippen MR) is 124 cm³/mol. The van der Waals surface area contributed by atoms with Gasteiger partial charge >= 0.3 is 6.03 Å². The smallest absolute Gasteiger partial charge is 0.321 e. The van der Waals surface area contributed by atoms with E-state index in [9.17, 15) is 19.2 Å². The lowest BCUT2D eigenvalue weighted by Gasteiger charge is -2.37. The summed E-state index contributed by atoms with van der Waals surface area (Å²) in [6, 6.07) is -0.643. The summed E-state index contributed by atoms with van der Waals surface area (Å²) >= 11 is 0. The van der Waals surface area contributed by atoms with Crippen LogP contribution in [0.25, 0.3) is 0 Å². The molecule has 0 radical (unpaired) electrons. The van der Waals surface area contributed by atoms with Crippen molar-refractivity contribution in [2.45, 2.75) is 77.8 Å². The van der Waals surface area contributed by atoms with Crippen molar-refractivity contribution in [3.8, 4) is 0 Å². The summed E-state index contributed by atoms with van der Waals surface area (Å²) in [4.78, 5) is 50.8. The number of nitrogens with one attached hydrogen (secondary N) is 3. The molecule has 180 valence electrons. The number of amides is 5. The number of piperidine rings is 1. The summed E-state index contributed by atoms with van der Waals surface area (Å²) in [7, 11) is 0. The first kappa shape index (κ1) is 23.5. The van der Waals surface area contributed by atoms with E-state index in [-0.39, 0.29) is 47.1 Å². The molecule has 0 spiro atoms. The molecule has 3 atom stereocenters. The van der Waals surface area contributed by atoms with Gasteiger partial charge in [0, 0.05) is 31.1 Å². The maximum absolute atomic E-state index is 12.7. The third-order valence-corrected chi connectivity index (χ3v) is 7.75. The minimum atomic E-state index is -0.412. The van der Waals surface area contributed by atoms with Gasteiger partial charge in [-0.2, -0.15) is 0 Å². The molecule has 2 aliphatic heterocycles. The van der Waals surface area contributed by atoms with Crippen LogP contribution in [-0.2, 0) is 14.4 Å². The van der Waals surface area contributed by atoms with Gasteiger partial charge in [-0.25, -0.2) is 4.79 Å². The number of carbonyl (C=O) groups excluding carboxylic acids is 4. The molecule has 8 heteroatoms. The topological polar surface area (TPSA) is 108 Å². The van der Waals surface area contributed by atoms with E-state index in [0.717, 1.165) is 31.3 Å². The maximum atomic E-state index is 12.7. The van der Waals surface area contributed by atoms with E-state index in [4.69, 9.17) is 0 Å². The van der Waals surface area contributed by atoms with Crippen molar-refractivity contribution in [1.29, 1.82) is 0 Å². The minimum absolute atomic E-state index is 0.116. The molecule has 3 N–H and O–H groups in total. The SMILES string of the molecule is CC(C)(C)C1CCC(NC(=O)NC(=O)C2C=CC3=CN(C4CCC(=O)NC4=O)CC3C2)CC1. The molecular weight excluding hydrogens is 420 g/mol. The number of urea groups is 1. The lowest BCUT2D eigenvalue weighted by molar-refractivity contribution is -0.136. The van der Waals surface area contributed by atoms with Gasteiger partial charge in [0.2, 0.25) is 17.7 Å². The molecule has 1 saturated heterocycles. The van der Waals surface area contributed by atoms with Gasteiger partial charge in [0.1, 0.15) is 6.04 Å². The lowest BCUT2D eigenvalue weighted by Crippen LogP contribution is -2.50. The number of carbonyl (C=O) groups is 4. The van der Waals surface area contributed by atoms with Crippen molar-refractivity contribution >= 4 is 23.8 Å². The van der Waals surface area contributed by atoms with Crippen LogP contribution in [0.4, 0.5) is 4.79 Å². The molecule has 33 heavy (non-hydrogen) atoms. The molecule has 2 aliphatic carbocycles. The molecule has 0 aromatic rings. The van der Waals surface area contributed by atoms with E-state index in [0.29, 0.717) is 31.7 Å². The van der Waals surface area contributed by atoms with E-state index >= 15 is 0 Å². The van der Waals surface area contributed by atoms with Crippen molar-refractivity contribution in [3.63, 3.8) is 0 Å². The minimum Gasteiger partial charge on any atom is -0.365 e. The third-order valence-electron chi connectivity index (χ3n) is 7.75. The normalized spacial score (nSPS) is 32.0. The molecule has 4 rings (SSSR count). The Bertz CT molecular complexity index is 879. The second-order valence-electron chi connectivity index (χ2n) is 11.1. The van der Waals surface area contributed by atoms with Crippen molar-refractivity contribution in [3.05, 3.63) is 23.9 Å². The first-order valence-corrected chi connectivity index (χ1v) is 12.2. The molecule has 1 saturated carbocycles. The van der Waals surface area contributed by atoms with E-state index < -0.39 is 6.03 Å². The molecule has 2 fully saturated rings. The van der Waals surface area contributed by atoms with E-state index in [1.807, 2.05) is 23.3 Å². The summed E-state index contributed by atoms with van der Waals surface area (Å²) in [6.45, 7) is 7.44. The fourth-order valence-electron chi connectivity index (χ4n) is 5.65. The van der Waals surface area contributed by atoms with Crippen LogP contribution in [0.1, 0.15) is 65.7 Å². The zero-order valence-corrected chi connectivity index (χ0v) is 19.9. The molecule has 0 bridgehead atoms. The van der Waals surface area contributed by atoms with Crippen molar-refractivity contribution in [2.75, 3.05) is 6.54 Å². The highest BCUT2D eigenvalue weighted by Crippen LogP contribution is 2.38. The van der Waals surface area contributed by atoms with Gasteiger partial charge in [-0.05, 0) is 55.4 Å². The Balaban J connectivity index is 1.24. The average Bonchev–Trinajstić information content (AvgIpc) is 3.16. The molecule has 2 heterocycles. The van der Waals surface area contributed by atoms with Crippen LogP contribution in [-0.4, -0.2) is 47.3 Å². The number of fused-ring (bicyclic) bond motifs is 1. The van der Waals surface area contributed by atoms with Crippen LogP contribution < -0.4 is 16.0 Å². The number of nitrogens with zero attached hydrogens (tertiary/aromatic N) is 1. The fraction of sp³-hybridized carbons (Fsp3) is 0.680. The second kappa shape index (κ2) is 9.31. The highest BCUT2D eigenvalue weighted by molar-refractivity contribution is 6.00.